The van der Waals surface area contributed by atoms with Crippen LogP contribution in [0.5, 0.6) is 5.88 Å². The molecule has 0 aliphatic heterocycles. The molecule has 1 unspecified atom stereocenters. The van der Waals surface area contributed by atoms with Gasteiger partial charge in [0.05, 0.1) is 19.3 Å². The van der Waals surface area contributed by atoms with E-state index in [4.69, 9.17) is 4.74 Å². The van der Waals surface area contributed by atoms with Gasteiger partial charge in [-0.25, -0.2) is 9.37 Å². The molecule has 2 heterocycles. The molecule has 0 aliphatic carbocycles. The lowest BCUT2D eigenvalue weighted by molar-refractivity contribution is 0.387. The molecule has 2 aromatic heterocycles. The van der Waals surface area contributed by atoms with E-state index < -0.39 is 0 Å². The van der Waals surface area contributed by atoms with E-state index >= 15 is 0 Å². The molecule has 1 N–H and O–H groups in total. The van der Waals surface area contributed by atoms with Crippen LogP contribution in [0.15, 0.2) is 36.8 Å². The fraction of sp³-hybridized carbons (Fsp3) is 0.286. The lowest BCUT2D eigenvalue weighted by Crippen LogP contribution is -2.23. The van der Waals surface area contributed by atoms with Gasteiger partial charge >= 0.3 is 0 Å². The number of hydrogen-bond donors (Lipinski definition) is 1. The summed E-state index contributed by atoms with van der Waals surface area (Å²) in [5.74, 6) is 0.168. The maximum atomic E-state index is 13.3. The number of rotatable bonds is 5. The number of nitrogens with one attached hydrogen (secondary N) is 1. The molecule has 0 aromatic carbocycles. The van der Waals surface area contributed by atoms with Crippen LogP contribution in [0.1, 0.15) is 24.1 Å². The van der Waals surface area contributed by atoms with E-state index in [1.807, 2.05) is 19.1 Å². The molecule has 0 spiro atoms. The van der Waals surface area contributed by atoms with Gasteiger partial charge in [-0.15, -0.1) is 0 Å². The molecule has 0 saturated carbocycles. The Balaban J connectivity index is 2.45. The molecule has 5 heteroatoms. The molecule has 4 nitrogen and oxygen atoms in total. The zero-order chi connectivity index (χ0) is 13.7. The summed E-state index contributed by atoms with van der Waals surface area (Å²) in [6.45, 7) is 2.72. The fourth-order valence-corrected chi connectivity index (χ4v) is 1.99. The molecule has 19 heavy (non-hydrogen) atoms. The minimum atomic E-state index is -0.358. The number of pyridine rings is 2. The van der Waals surface area contributed by atoms with E-state index in [1.165, 1.54) is 12.3 Å². The lowest BCUT2D eigenvalue weighted by atomic mass is 10.0. The van der Waals surface area contributed by atoms with Gasteiger partial charge in [0.15, 0.2) is 0 Å². The van der Waals surface area contributed by atoms with Crippen molar-refractivity contribution in [3.05, 3.63) is 53.7 Å². The second-order valence-electron chi connectivity index (χ2n) is 4.03. The van der Waals surface area contributed by atoms with E-state index in [0.29, 0.717) is 5.88 Å². The van der Waals surface area contributed by atoms with Crippen LogP contribution in [0.2, 0.25) is 0 Å². The van der Waals surface area contributed by atoms with Crippen molar-refractivity contribution in [3.8, 4) is 5.88 Å². The van der Waals surface area contributed by atoms with Crippen molar-refractivity contribution >= 4 is 0 Å². The number of hydrogen-bond acceptors (Lipinski definition) is 4. The van der Waals surface area contributed by atoms with E-state index in [0.717, 1.165) is 17.7 Å². The minimum absolute atomic E-state index is 0.197. The number of aromatic nitrogens is 2. The van der Waals surface area contributed by atoms with Crippen LogP contribution < -0.4 is 10.1 Å². The van der Waals surface area contributed by atoms with Gasteiger partial charge < -0.3 is 10.1 Å². The molecule has 0 saturated heterocycles. The van der Waals surface area contributed by atoms with Crippen LogP contribution in [0.3, 0.4) is 0 Å². The molecule has 0 fully saturated rings. The standard InChI is InChI=1S/C14H16FN3O/c1-3-17-13(10-7-11(15)9-16-8-10)12-5-4-6-18-14(12)19-2/h4-9,13,17H,3H2,1-2H3. The third kappa shape index (κ3) is 3.06. The van der Waals surface area contributed by atoms with Gasteiger partial charge in [0.1, 0.15) is 5.82 Å². The van der Waals surface area contributed by atoms with E-state index in [-0.39, 0.29) is 11.9 Å². The Morgan fingerprint density at radius 1 is 1.42 bits per heavy atom. The van der Waals surface area contributed by atoms with Crippen molar-refractivity contribution in [2.45, 2.75) is 13.0 Å². The van der Waals surface area contributed by atoms with Crippen LogP contribution in [0, 0.1) is 5.82 Å². The van der Waals surface area contributed by atoms with Gasteiger partial charge in [0.25, 0.3) is 0 Å². The molecule has 2 rings (SSSR count). The Bertz CT molecular complexity index is 548. The fourth-order valence-electron chi connectivity index (χ4n) is 1.99. The second kappa shape index (κ2) is 6.24. The Morgan fingerprint density at radius 3 is 2.95 bits per heavy atom. The summed E-state index contributed by atoms with van der Waals surface area (Å²) in [5, 5.41) is 3.29. The van der Waals surface area contributed by atoms with Gasteiger partial charge in [-0.2, -0.15) is 0 Å². The van der Waals surface area contributed by atoms with Crippen molar-refractivity contribution < 1.29 is 9.13 Å². The average Bonchev–Trinajstić information content (AvgIpc) is 2.45. The van der Waals surface area contributed by atoms with Crippen LogP contribution in [0.25, 0.3) is 0 Å². The summed E-state index contributed by atoms with van der Waals surface area (Å²) in [6, 6.07) is 5.00. The van der Waals surface area contributed by atoms with Gasteiger partial charge in [-0.3, -0.25) is 4.98 Å². The van der Waals surface area contributed by atoms with E-state index in [9.17, 15) is 4.39 Å². The van der Waals surface area contributed by atoms with Crippen molar-refractivity contribution in [3.63, 3.8) is 0 Å². The molecule has 1 atom stereocenters. The largest absolute Gasteiger partial charge is 0.481 e. The van der Waals surface area contributed by atoms with Crippen LogP contribution >= 0.6 is 0 Å². The van der Waals surface area contributed by atoms with Crippen molar-refractivity contribution in [2.75, 3.05) is 13.7 Å². The highest BCUT2D eigenvalue weighted by molar-refractivity contribution is 5.36. The summed E-state index contributed by atoms with van der Waals surface area (Å²) in [5.41, 5.74) is 1.60. The van der Waals surface area contributed by atoms with Gasteiger partial charge in [-0.1, -0.05) is 13.0 Å². The topological polar surface area (TPSA) is 47.0 Å². The molecular formula is C14H16FN3O. The maximum absolute atomic E-state index is 13.3. The predicted octanol–water partition coefficient (Wildman–Crippen LogP) is 2.32. The van der Waals surface area contributed by atoms with Crippen molar-refractivity contribution in [1.82, 2.24) is 15.3 Å². The van der Waals surface area contributed by atoms with Crippen LogP contribution in [0.4, 0.5) is 4.39 Å². The molecule has 100 valence electrons. The molecular weight excluding hydrogens is 245 g/mol. The lowest BCUT2D eigenvalue weighted by Gasteiger charge is -2.20. The number of ether oxygens (including phenoxy) is 1. The third-order valence-corrected chi connectivity index (χ3v) is 2.77. The highest BCUT2D eigenvalue weighted by atomic mass is 19.1. The zero-order valence-electron chi connectivity index (χ0n) is 10.9. The van der Waals surface area contributed by atoms with Gasteiger partial charge in [0, 0.05) is 18.0 Å². The van der Waals surface area contributed by atoms with Crippen molar-refractivity contribution in [2.24, 2.45) is 0 Å². The maximum Gasteiger partial charge on any atom is 0.218 e. The summed E-state index contributed by atoms with van der Waals surface area (Å²) in [6.07, 6.45) is 4.49. The Morgan fingerprint density at radius 2 is 2.26 bits per heavy atom. The smallest absolute Gasteiger partial charge is 0.218 e. The molecule has 0 bridgehead atoms. The minimum Gasteiger partial charge on any atom is -0.481 e. The third-order valence-electron chi connectivity index (χ3n) is 2.77. The van der Waals surface area contributed by atoms with Gasteiger partial charge in [0.2, 0.25) is 5.88 Å². The number of nitrogens with zero attached hydrogens (tertiary/aromatic N) is 2. The normalized spacial score (nSPS) is 12.2. The highest BCUT2D eigenvalue weighted by Gasteiger charge is 2.18. The SMILES string of the molecule is CCNC(c1cncc(F)c1)c1cccnc1OC. The first-order chi connectivity index (χ1) is 9.26. The highest BCUT2D eigenvalue weighted by Crippen LogP contribution is 2.27. The summed E-state index contributed by atoms with van der Waals surface area (Å²) in [7, 11) is 1.57. The molecule has 0 aliphatic rings. The Kier molecular flexibility index (Phi) is 4.41. The Hall–Kier alpha value is -2.01. The quantitative estimate of drug-likeness (QED) is 0.897. The van der Waals surface area contributed by atoms with Crippen LogP contribution in [-0.2, 0) is 0 Å². The first-order valence-electron chi connectivity index (χ1n) is 6.09. The summed E-state index contributed by atoms with van der Waals surface area (Å²) >= 11 is 0. The molecule has 0 radical (unpaired) electrons. The number of halogens is 1. The van der Waals surface area contributed by atoms with Crippen molar-refractivity contribution in [1.29, 1.82) is 0 Å². The molecule has 0 amide bonds. The first kappa shape index (κ1) is 13.4. The summed E-state index contributed by atoms with van der Waals surface area (Å²) < 4.78 is 18.6. The van der Waals surface area contributed by atoms with E-state index in [2.05, 4.69) is 15.3 Å². The number of methoxy groups -OCH3 is 1. The summed E-state index contributed by atoms with van der Waals surface area (Å²) in [4.78, 5) is 8.06. The van der Waals surface area contributed by atoms with E-state index in [1.54, 1.807) is 19.5 Å². The van der Waals surface area contributed by atoms with Crippen LogP contribution in [-0.4, -0.2) is 23.6 Å². The first-order valence-corrected chi connectivity index (χ1v) is 6.09. The monoisotopic (exact) mass is 261 g/mol. The Labute approximate surface area is 111 Å². The predicted molar refractivity (Wildman–Crippen MR) is 70.5 cm³/mol. The van der Waals surface area contributed by atoms with Gasteiger partial charge in [-0.05, 0) is 24.2 Å². The average molecular weight is 261 g/mol. The molecule has 2 aromatic rings. The second-order valence-corrected chi connectivity index (χ2v) is 4.03. The zero-order valence-corrected chi connectivity index (χ0v) is 10.9.